The lowest BCUT2D eigenvalue weighted by Gasteiger charge is -2.18. The first kappa shape index (κ1) is 22.6. The minimum atomic E-state index is -3.62. The fraction of sp³-hybridized carbons (Fsp3) is 0.333. The Balaban J connectivity index is 2.16. The summed E-state index contributed by atoms with van der Waals surface area (Å²) in [6.07, 6.45) is 0.679. The number of hydrogen-bond acceptors (Lipinski definition) is 4. The van der Waals surface area contributed by atoms with Crippen molar-refractivity contribution >= 4 is 27.5 Å². The molecule has 2 rings (SSSR count). The van der Waals surface area contributed by atoms with Crippen LogP contribution in [0.3, 0.4) is 0 Å². The average Bonchev–Trinajstić information content (AvgIpc) is 2.69. The zero-order valence-electron chi connectivity index (χ0n) is 17.1. The highest BCUT2D eigenvalue weighted by Gasteiger charge is 2.17. The van der Waals surface area contributed by atoms with Crippen LogP contribution < -0.4 is 10.0 Å². The quantitative estimate of drug-likeness (QED) is 0.690. The van der Waals surface area contributed by atoms with Crippen LogP contribution in [0.25, 0.3) is 0 Å². The number of carbonyl (C=O) groups is 2. The SMILES string of the molecule is CCC(C)NS(=O)(=O)c1ccc(C(=O)Nc2ccccc2CN(C)C(C)=O)cc1. The Kier molecular flexibility index (Phi) is 7.53. The minimum Gasteiger partial charge on any atom is -0.342 e. The van der Waals surface area contributed by atoms with Crippen LogP contribution in [0.15, 0.2) is 53.4 Å². The van der Waals surface area contributed by atoms with E-state index in [9.17, 15) is 18.0 Å². The van der Waals surface area contributed by atoms with Gasteiger partial charge in [-0.25, -0.2) is 13.1 Å². The highest BCUT2D eigenvalue weighted by molar-refractivity contribution is 7.89. The first-order valence-corrected chi connectivity index (χ1v) is 10.9. The first-order valence-electron chi connectivity index (χ1n) is 9.37. The zero-order valence-corrected chi connectivity index (χ0v) is 17.9. The van der Waals surface area contributed by atoms with Crippen LogP contribution in [-0.4, -0.2) is 38.2 Å². The van der Waals surface area contributed by atoms with Crippen molar-refractivity contribution in [1.29, 1.82) is 0 Å². The van der Waals surface area contributed by atoms with Gasteiger partial charge in [0.15, 0.2) is 0 Å². The summed E-state index contributed by atoms with van der Waals surface area (Å²) in [6, 6.07) is 12.8. The molecule has 29 heavy (non-hydrogen) atoms. The number of benzene rings is 2. The fourth-order valence-electron chi connectivity index (χ4n) is 2.54. The van der Waals surface area contributed by atoms with Gasteiger partial charge in [0.25, 0.3) is 5.91 Å². The number of nitrogens with zero attached hydrogens (tertiary/aromatic N) is 1. The predicted octanol–water partition coefficient (Wildman–Crippen LogP) is 2.99. The van der Waals surface area contributed by atoms with Crippen LogP contribution in [0.4, 0.5) is 5.69 Å². The maximum absolute atomic E-state index is 12.6. The largest absolute Gasteiger partial charge is 0.342 e. The normalized spacial score (nSPS) is 12.3. The average molecular weight is 418 g/mol. The third-order valence-corrected chi connectivity index (χ3v) is 6.21. The van der Waals surface area contributed by atoms with Gasteiger partial charge < -0.3 is 10.2 Å². The Morgan fingerprint density at radius 2 is 1.69 bits per heavy atom. The van der Waals surface area contributed by atoms with E-state index in [1.807, 2.05) is 19.1 Å². The highest BCUT2D eigenvalue weighted by Crippen LogP contribution is 2.19. The Morgan fingerprint density at radius 1 is 1.07 bits per heavy atom. The first-order chi connectivity index (χ1) is 13.6. The number of para-hydroxylation sites is 1. The van der Waals surface area contributed by atoms with Crippen molar-refractivity contribution in [1.82, 2.24) is 9.62 Å². The Morgan fingerprint density at radius 3 is 2.28 bits per heavy atom. The summed E-state index contributed by atoms with van der Waals surface area (Å²) in [6.45, 7) is 5.53. The number of rotatable bonds is 8. The van der Waals surface area contributed by atoms with Crippen molar-refractivity contribution in [2.75, 3.05) is 12.4 Å². The van der Waals surface area contributed by atoms with Crippen molar-refractivity contribution < 1.29 is 18.0 Å². The number of sulfonamides is 1. The van der Waals surface area contributed by atoms with E-state index in [-0.39, 0.29) is 22.8 Å². The minimum absolute atomic E-state index is 0.0751. The third kappa shape index (κ3) is 6.13. The molecular weight excluding hydrogens is 390 g/mol. The van der Waals surface area contributed by atoms with E-state index in [0.717, 1.165) is 5.56 Å². The summed E-state index contributed by atoms with van der Waals surface area (Å²) in [5, 5.41) is 2.83. The van der Waals surface area contributed by atoms with E-state index < -0.39 is 10.0 Å². The van der Waals surface area contributed by atoms with Crippen LogP contribution in [0.1, 0.15) is 43.1 Å². The van der Waals surface area contributed by atoms with Crippen LogP contribution in [-0.2, 0) is 21.4 Å². The number of hydrogen-bond donors (Lipinski definition) is 2. The maximum Gasteiger partial charge on any atom is 0.255 e. The van der Waals surface area contributed by atoms with Crippen molar-refractivity contribution in [2.45, 2.75) is 44.7 Å². The third-order valence-electron chi connectivity index (χ3n) is 4.61. The highest BCUT2D eigenvalue weighted by atomic mass is 32.2. The smallest absolute Gasteiger partial charge is 0.255 e. The molecule has 0 bridgehead atoms. The lowest BCUT2D eigenvalue weighted by Crippen LogP contribution is -2.32. The van der Waals surface area contributed by atoms with Crippen LogP contribution in [0.5, 0.6) is 0 Å². The van der Waals surface area contributed by atoms with E-state index in [2.05, 4.69) is 10.0 Å². The number of anilines is 1. The molecule has 2 aromatic carbocycles. The van der Waals surface area contributed by atoms with Crippen molar-refractivity contribution in [3.05, 3.63) is 59.7 Å². The number of nitrogens with one attached hydrogen (secondary N) is 2. The number of amides is 2. The molecule has 0 radical (unpaired) electrons. The summed E-state index contributed by atoms with van der Waals surface area (Å²) >= 11 is 0. The summed E-state index contributed by atoms with van der Waals surface area (Å²) in [5.41, 5.74) is 1.73. The zero-order chi connectivity index (χ0) is 21.6. The lowest BCUT2D eigenvalue weighted by molar-refractivity contribution is -0.128. The molecule has 0 aliphatic heterocycles. The van der Waals surface area contributed by atoms with E-state index in [4.69, 9.17) is 0 Å². The molecule has 0 fully saturated rings. The van der Waals surface area contributed by atoms with E-state index in [0.29, 0.717) is 24.2 Å². The van der Waals surface area contributed by atoms with Gasteiger partial charge in [-0.05, 0) is 49.2 Å². The summed E-state index contributed by atoms with van der Waals surface area (Å²) in [4.78, 5) is 25.8. The molecule has 7 nitrogen and oxygen atoms in total. The molecule has 0 saturated carbocycles. The molecule has 0 aromatic heterocycles. The molecule has 0 spiro atoms. The topological polar surface area (TPSA) is 95.6 Å². The molecule has 2 aromatic rings. The second-order valence-corrected chi connectivity index (χ2v) is 8.66. The van der Waals surface area contributed by atoms with Crippen LogP contribution in [0, 0.1) is 0 Å². The maximum atomic E-state index is 12.6. The molecule has 0 heterocycles. The summed E-state index contributed by atoms with van der Waals surface area (Å²) in [5.74, 6) is -0.435. The molecule has 0 saturated heterocycles. The summed E-state index contributed by atoms with van der Waals surface area (Å²) < 4.78 is 27.2. The van der Waals surface area contributed by atoms with Crippen molar-refractivity contribution in [3.63, 3.8) is 0 Å². The Labute approximate surface area is 172 Å². The van der Waals surface area contributed by atoms with Gasteiger partial charge in [0, 0.05) is 37.8 Å². The van der Waals surface area contributed by atoms with Gasteiger partial charge in [-0.1, -0.05) is 25.1 Å². The van der Waals surface area contributed by atoms with Crippen LogP contribution in [0.2, 0.25) is 0 Å². The van der Waals surface area contributed by atoms with Gasteiger partial charge in [0.2, 0.25) is 15.9 Å². The lowest BCUT2D eigenvalue weighted by atomic mass is 10.1. The van der Waals surface area contributed by atoms with Gasteiger partial charge in [0.05, 0.1) is 4.90 Å². The molecule has 156 valence electrons. The summed E-state index contributed by atoms with van der Waals surface area (Å²) in [7, 11) is -1.93. The standard InChI is InChI=1S/C21H27N3O4S/c1-5-15(2)23-29(27,28)19-12-10-17(11-13-19)21(26)22-20-9-7-6-8-18(20)14-24(4)16(3)25/h6-13,15,23H,5,14H2,1-4H3,(H,22,26). The van der Waals surface area contributed by atoms with Crippen molar-refractivity contribution in [3.8, 4) is 0 Å². The van der Waals surface area contributed by atoms with E-state index in [1.54, 1.807) is 31.0 Å². The second kappa shape index (κ2) is 9.67. The van der Waals surface area contributed by atoms with Crippen molar-refractivity contribution in [2.24, 2.45) is 0 Å². The molecule has 1 unspecified atom stereocenters. The van der Waals surface area contributed by atoms with Gasteiger partial charge >= 0.3 is 0 Å². The van der Waals surface area contributed by atoms with Gasteiger partial charge in [0.1, 0.15) is 0 Å². The molecule has 1 atom stereocenters. The Hall–Kier alpha value is -2.71. The van der Waals surface area contributed by atoms with E-state index in [1.165, 1.54) is 31.2 Å². The Bertz CT molecular complexity index is 972. The molecule has 0 aliphatic rings. The fourth-order valence-corrected chi connectivity index (χ4v) is 3.87. The monoisotopic (exact) mass is 417 g/mol. The number of carbonyl (C=O) groups excluding carboxylic acids is 2. The molecule has 8 heteroatoms. The molecule has 0 aliphatic carbocycles. The molecule has 2 amide bonds. The molecular formula is C21H27N3O4S. The molecule has 2 N–H and O–H groups in total. The second-order valence-electron chi connectivity index (χ2n) is 6.94. The predicted molar refractivity (Wildman–Crippen MR) is 113 cm³/mol. The van der Waals surface area contributed by atoms with E-state index >= 15 is 0 Å². The van der Waals surface area contributed by atoms with Gasteiger partial charge in [-0.3, -0.25) is 9.59 Å². The van der Waals surface area contributed by atoms with Crippen LogP contribution >= 0.6 is 0 Å². The van der Waals surface area contributed by atoms with Gasteiger partial charge in [-0.2, -0.15) is 0 Å². The van der Waals surface area contributed by atoms with Gasteiger partial charge in [-0.15, -0.1) is 0 Å².